The van der Waals surface area contributed by atoms with Crippen molar-refractivity contribution in [3.8, 4) is 0 Å². The van der Waals surface area contributed by atoms with E-state index in [1.807, 2.05) is 0 Å². The van der Waals surface area contributed by atoms with Crippen LogP contribution in [0.1, 0.15) is 25.7 Å². The van der Waals surface area contributed by atoms with E-state index in [1.165, 1.54) is 7.05 Å². The molecule has 0 bridgehead atoms. The fraction of sp³-hybridized carbons (Fsp3) is 0.857. The highest BCUT2D eigenvalue weighted by atomic mass is 19.1. The zero-order valence-corrected chi connectivity index (χ0v) is 6.11. The molecular formula is C7H12FNO. The molecule has 1 saturated carbocycles. The topological polar surface area (TPSA) is 29.1 Å². The van der Waals surface area contributed by atoms with Crippen molar-refractivity contribution in [2.45, 2.75) is 31.4 Å². The van der Waals surface area contributed by atoms with Crippen LogP contribution in [0.5, 0.6) is 0 Å². The van der Waals surface area contributed by atoms with Crippen LogP contribution in [0.25, 0.3) is 0 Å². The summed E-state index contributed by atoms with van der Waals surface area (Å²) in [6, 6.07) is 0. The van der Waals surface area contributed by atoms with Gasteiger partial charge in [-0.15, -0.1) is 0 Å². The molecule has 0 heterocycles. The Labute approximate surface area is 59.8 Å². The average Bonchev–Trinajstić information content (AvgIpc) is 2.36. The second-order valence-electron chi connectivity index (χ2n) is 2.75. The number of halogens is 1. The first-order valence-electron chi connectivity index (χ1n) is 3.60. The Kier molecular flexibility index (Phi) is 1.92. The summed E-state index contributed by atoms with van der Waals surface area (Å²) < 4.78 is 13.3. The van der Waals surface area contributed by atoms with E-state index in [0.717, 1.165) is 12.8 Å². The Hall–Kier alpha value is -0.600. The van der Waals surface area contributed by atoms with Crippen molar-refractivity contribution in [3.63, 3.8) is 0 Å². The van der Waals surface area contributed by atoms with Crippen molar-refractivity contribution in [3.05, 3.63) is 0 Å². The van der Waals surface area contributed by atoms with E-state index in [9.17, 15) is 9.18 Å². The van der Waals surface area contributed by atoms with Gasteiger partial charge in [-0.25, -0.2) is 4.39 Å². The summed E-state index contributed by atoms with van der Waals surface area (Å²) in [5, 5.41) is 2.33. The molecule has 1 rings (SSSR count). The molecule has 1 aliphatic rings. The molecule has 10 heavy (non-hydrogen) atoms. The van der Waals surface area contributed by atoms with Crippen LogP contribution in [0, 0.1) is 0 Å². The first-order valence-corrected chi connectivity index (χ1v) is 3.60. The second-order valence-corrected chi connectivity index (χ2v) is 2.75. The molecule has 0 spiro atoms. The van der Waals surface area contributed by atoms with Crippen molar-refractivity contribution < 1.29 is 9.18 Å². The predicted octanol–water partition coefficient (Wildman–Crippen LogP) is 1.01. The maximum Gasteiger partial charge on any atom is 0.257 e. The molecule has 0 aliphatic heterocycles. The van der Waals surface area contributed by atoms with E-state index in [2.05, 4.69) is 5.32 Å². The maximum atomic E-state index is 13.3. The van der Waals surface area contributed by atoms with Gasteiger partial charge in [0.05, 0.1) is 0 Å². The Morgan fingerprint density at radius 2 is 2.00 bits per heavy atom. The third-order valence-electron chi connectivity index (χ3n) is 2.03. The van der Waals surface area contributed by atoms with Crippen LogP contribution in [-0.2, 0) is 4.79 Å². The van der Waals surface area contributed by atoms with Gasteiger partial charge in [0.15, 0.2) is 5.67 Å². The molecule has 0 aromatic carbocycles. The number of carbonyl (C=O) groups excluding carboxylic acids is 1. The predicted molar refractivity (Wildman–Crippen MR) is 36.4 cm³/mol. The Morgan fingerprint density at radius 3 is 2.40 bits per heavy atom. The molecule has 1 N–H and O–H groups in total. The van der Waals surface area contributed by atoms with Crippen LogP contribution < -0.4 is 5.32 Å². The summed E-state index contributed by atoms with van der Waals surface area (Å²) in [5.74, 6) is -0.454. The lowest BCUT2D eigenvalue weighted by molar-refractivity contribution is -0.131. The Balaban J connectivity index is 2.58. The van der Waals surface area contributed by atoms with Gasteiger partial charge in [0.1, 0.15) is 0 Å². The van der Waals surface area contributed by atoms with Gasteiger partial charge >= 0.3 is 0 Å². The average molecular weight is 145 g/mol. The molecule has 3 heteroatoms. The van der Waals surface area contributed by atoms with Crippen LogP contribution in [0.15, 0.2) is 0 Å². The second kappa shape index (κ2) is 2.56. The molecule has 2 nitrogen and oxygen atoms in total. The highest BCUT2D eigenvalue weighted by Crippen LogP contribution is 2.33. The minimum Gasteiger partial charge on any atom is -0.356 e. The standard InChI is InChI=1S/C7H12FNO/c1-9-6(10)7(8)4-2-3-5-7/h2-5H2,1H3,(H,9,10). The number of nitrogens with one attached hydrogen (secondary N) is 1. The largest absolute Gasteiger partial charge is 0.356 e. The van der Waals surface area contributed by atoms with E-state index in [0.29, 0.717) is 12.8 Å². The molecule has 1 aliphatic carbocycles. The fourth-order valence-corrected chi connectivity index (χ4v) is 1.39. The molecule has 0 aromatic heterocycles. The minimum atomic E-state index is -1.55. The first kappa shape index (κ1) is 7.51. The van der Waals surface area contributed by atoms with Gasteiger partial charge in [0.25, 0.3) is 5.91 Å². The number of amides is 1. The van der Waals surface area contributed by atoms with E-state index in [1.54, 1.807) is 0 Å². The quantitative estimate of drug-likeness (QED) is 0.586. The molecule has 58 valence electrons. The molecule has 0 radical (unpaired) electrons. The lowest BCUT2D eigenvalue weighted by atomic mass is 10.0. The third-order valence-corrected chi connectivity index (χ3v) is 2.03. The monoisotopic (exact) mass is 145 g/mol. The van der Waals surface area contributed by atoms with Gasteiger partial charge in [-0.1, -0.05) is 0 Å². The summed E-state index contributed by atoms with van der Waals surface area (Å²) in [4.78, 5) is 10.8. The van der Waals surface area contributed by atoms with Crippen LogP contribution in [0.2, 0.25) is 0 Å². The number of carbonyl (C=O) groups is 1. The number of alkyl halides is 1. The zero-order chi connectivity index (χ0) is 7.61. The number of hydrogen-bond donors (Lipinski definition) is 1. The van der Waals surface area contributed by atoms with Crippen molar-refractivity contribution in [1.82, 2.24) is 5.32 Å². The Bertz CT molecular complexity index is 141. The van der Waals surface area contributed by atoms with Crippen molar-refractivity contribution in [2.24, 2.45) is 0 Å². The summed E-state index contributed by atoms with van der Waals surface area (Å²) in [5.41, 5.74) is -1.55. The van der Waals surface area contributed by atoms with Crippen LogP contribution in [-0.4, -0.2) is 18.6 Å². The van der Waals surface area contributed by atoms with E-state index < -0.39 is 11.6 Å². The molecule has 1 amide bonds. The van der Waals surface area contributed by atoms with E-state index in [-0.39, 0.29) is 0 Å². The zero-order valence-electron chi connectivity index (χ0n) is 6.11. The van der Waals surface area contributed by atoms with Crippen LogP contribution >= 0.6 is 0 Å². The number of rotatable bonds is 1. The summed E-state index contributed by atoms with van der Waals surface area (Å²) in [6.45, 7) is 0. The molecule has 0 saturated heterocycles. The minimum absolute atomic E-state index is 0.396. The van der Waals surface area contributed by atoms with Crippen LogP contribution in [0.3, 0.4) is 0 Å². The fourth-order valence-electron chi connectivity index (χ4n) is 1.39. The van der Waals surface area contributed by atoms with Gasteiger partial charge < -0.3 is 5.32 Å². The summed E-state index contributed by atoms with van der Waals surface area (Å²) in [6.07, 6.45) is 2.47. The SMILES string of the molecule is CNC(=O)C1(F)CCCC1. The van der Waals surface area contributed by atoms with E-state index in [4.69, 9.17) is 0 Å². The van der Waals surface area contributed by atoms with Gasteiger partial charge in [-0.2, -0.15) is 0 Å². The molecule has 0 aromatic rings. The summed E-state index contributed by atoms with van der Waals surface area (Å²) in [7, 11) is 1.47. The highest BCUT2D eigenvalue weighted by Gasteiger charge is 2.40. The van der Waals surface area contributed by atoms with Crippen molar-refractivity contribution in [1.29, 1.82) is 0 Å². The first-order chi connectivity index (χ1) is 4.69. The van der Waals surface area contributed by atoms with Gasteiger partial charge in [-0.3, -0.25) is 4.79 Å². The van der Waals surface area contributed by atoms with Crippen molar-refractivity contribution >= 4 is 5.91 Å². The third kappa shape index (κ3) is 1.13. The lowest BCUT2D eigenvalue weighted by Gasteiger charge is -2.15. The molecular weight excluding hydrogens is 133 g/mol. The van der Waals surface area contributed by atoms with Crippen molar-refractivity contribution in [2.75, 3.05) is 7.05 Å². The normalized spacial score (nSPS) is 22.6. The lowest BCUT2D eigenvalue weighted by Crippen LogP contribution is -2.39. The van der Waals surface area contributed by atoms with Gasteiger partial charge in [0, 0.05) is 7.05 Å². The molecule has 0 unspecified atom stereocenters. The van der Waals surface area contributed by atoms with E-state index >= 15 is 0 Å². The smallest absolute Gasteiger partial charge is 0.257 e. The number of hydrogen-bond acceptors (Lipinski definition) is 1. The highest BCUT2D eigenvalue weighted by molar-refractivity contribution is 5.84. The molecule has 1 fully saturated rings. The van der Waals surface area contributed by atoms with Gasteiger partial charge in [-0.05, 0) is 25.7 Å². The maximum absolute atomic E-state index is 13.3. The van der Waals surface area contributed by atoms with Crippen LogP contribution in [0.4, 0.5) is 4.39 Å². The van der Waals surface area contributed by atoms with Gasteiger partial charge in [0.2, 0.25) is 0 Å². The summed E-state index contributed by atoms with van der Waals surface area (Å²) >= 11 is 0. The Morgan fingerprint density at radius 1 is 1.50 bits per heavy atom. The molecule has 0 atom stereocenters.